The van der Waals surface area contributed by atoms with Crippen LogP contribution >= 0.6 is 0 Å². The molecule has 1 fully saturated rings. The van der Waals surface area contributed by atoms with Gasteiger partial charge in [0.1, 0.15) is 17.5 Å². The molecule has 4 nitrogen and oxygen atoms in total. The summed E-state index contributed by atoms with van der Waals surface area (Å²) in [5.74, 6) is 0.972. The Kier molecular flexibility index (Phi) is 4.21. The molecule has 2 aliphatic rings. The van der Waals surface area contributed by atoms with E-state index in [1.807, 2.05) is 18.2 Å². The van der Waals surface area contributed by atoms with Crippen molar-refractivity contribution >= 4 is 16.8 Å². The summed E-state index contributed by atoms with van der Waals surface area (Å²) in [5.41, 5.74) is 1.84. The number of nitrogens with one attached hydrogen (secondary N) is 1. The smallest absolute Gasteiger partial charge is 0.268 e. The van der Waals surface area contributed by atoms with Crippen LogP contribution in [0.15, 0.2) is 24.3 Å². The summed E-state index contributed by atoms with van der Waals surface area (Å²) >= 11 is 0. The predicted octanol–water partition coefficient (Wildman–Crippen LogP) is 4.26. The molecule has 1 aromatic heterocycles. The molecule has 4 heteroatoms. The van der Waals surface area contributed by atoms with Crippen LogP contribution in [-0.2, 0) is 6.54 Å². The van der Waals surface area contributed by atoms with Gasteiger partial charge >= 0.3 is 0 Å². The fourth-order valence-corrected chi connectivity index (χ4v) is 4.08. The van der Waals surface area contributed by atoms with Gasteiger partial charge in [-0.2, -0.15) is 0 Å². The molecule has 1 N–H and O–H groups in total. The first kappa shape index (κ1) is 15.6. The van der Waals surface area contributed by atoms with Gasteiger partial charge in [0.2, 0.25) is 0 Å². The zero-order chi connectivity index (χ0) is 16.5. The van der Waals surface area contributed by atoms with Crippen molar-refractivity contribution in [1.82, 2.24) is 9.88 Å². The van der Waals surface area contributed by atoms with Crippen LogP contribution < -0.4 is 10.1 Å². The molecular formula is C20H26N2O2. The lowest BCUT2D eigenvalue weighted by molar-refractivity contribution is 0.0917. The van der Waals surface area contributed by atoms with E-state index in [1.165, 1.54) is 25.7 Å². The average Bonchev–Trinajstić information content (AvgIpc) is 2.79. The molecule has 24 heavy (non-hydrogen) atoms. The van der Waals surface area contributed by atoms with Gasteiger partial charge in [0.15, 0.2) is 0 Å². The number of carbonyl (C=O) groups excluding carboxylic acids is 1. The largest absolute Gasteiger partial charge is 0.486 e. The minimum Gasteiger partial charge on any atom is -0.486 e. The maximum absolute atomic E-state index is 12.9. The normalized spacial score (nSPS) is 21.3. The van der Waals surface area contributed by atoms with E-state index >= 15 is 0 Å². The summed E-state index contributed by atoms with van der Waals surface area (Å²) in [5, 5.41) is 4.38. The minimum atomic E-state index is 0.0702. The Balaban J connectivity index is 1.65. The number of rotatable bonds is 3. The van der Waals surface area contributed by atoms with E-state index in [-0.39, 0.29) is 12.0 Å². The van der Waals surface area contributed by atoms with Crippen molar-refractivity contribution in [1.29, 1.82) is 0 Å². The van der Waals surface area contributed by atoms with E-state index in [0.29, 0.717) is 6.04 Å². The van der Waals surface area contributed by atoms with Crippen molar-refractivity contribution in [3.8, 4) is 5.75 Å². The van der Waals surface area contributed by atoms with Crippen LogP contribution in [0, 0.1) is 0 Å². The highest BCUT2D eigenvalue weighted by molar-refractivity contribution is 6.00. The number of nitrogens with zero attached hydrogens (tertiary/aromatic N) is 1. The Morgan fingerprint density at radius 3 is 2.79 bits per heavy atom. The first-order chi connectivity index (χ1) is 11.8. The highest BCUT2D eigenvalue weighted by Crippen LogP contribution is 2.34. The quantitative estimate of drug-likeness (QED) is 0.856. The van der Waals surface area contributed by atoms with Crippen molar-refractivity contribution in [3.05, 3.63) is 30.0 Å². The van der Waals surface area contributed by atoms with Crippen LogP contribution in [0.3, 0.4) is 0 Å². The molecule has 1 amide bonds. The van der Waals surface area contributed by atoms with Crippen LogP contribution in [0.4, 0.5) is 0 Å². The van der Waals surface area contributed by atoms with E-state index < -0.39 is 0 Å². The van der Waals surface area contributed by atoms with Gasteiger partial charge in [-0.25, -0.2) is 0 Å². The number of amides is 1. The Hall–Kier alpha value is -1.97. The molecule has 0 radical (unpaired) electrons. The average molecular weight is 326 g/mol. The van der Waals surface area contributed by atoms with Gasteiger partial charge < -0.3 is 14.6 Å². The van der Waals surface area contributed by atoms with E-state index in [2.05, 4.69) is 22.9 Å². The van der Waals surface area contributed by atoms with Crippen LogP contribution in [0.5, 0.6) is 5.75 Å². The second-order valence-electron chi connectivity index (χ2n) is 7.14. The molecule has 1 saturated carbocycles. The third-order valence-electron chi connectivity index (χ3n) is 5.44. The number of aromatic nitrogens is 1. The molecule has 1 unspecified atom stereocenters. The number of carbonyl (C=O) groups is 1. The van der Waals surface area contributed by atoms with Crippen molar-refractivity contribution in [2.24, 2.45) is 0 Å². The molecule has 0 spiro atoms. The van der Waals surface area contributed by atoms with Crippen molar-refractivity contribution < 1.29 is 9.53 Å². The zero-order valence-corrected chi connectivity index (χ0v) is 14.4. The highest BCUT2D eigenvalue weighted by Gasteiger charge is 2.26. The Morgan fingerprint density at radius 2 is 2.04 bits per heavy atom. The van der Waals surface area contributed by atoms with E-state index in [1.54, 1.807) is 0 Å². The zero-order valence-electron chi connectivity index (χ0n) is 14.4. The Labute approximate surface area is 143 Å². The molecule has 0 bridgehead atoms. The van der Waals surface area contributed by atoms with Gasteiger partial charge in [-0.3, -0.25) is 4.79 Å². The fraction of sp³-hybridized carbons (Fsp3) is 0.550. The molecule has 2 heterocycles. The summed E-state index contributed by atoms with van der Waals surface area (Å²) in [6, 6.07) is 8.42. The summed E-state index contributed by atoms with van der Waals surface area (Å²) in [4.78, 5) is 12.9. The number of hydrogen-bond acceptors (Lipinski definition) is 2. The summed E-state index contributed by atoms with van der Waals surface area (Å²) in [6.07, 6.45) is 8.35. The number of benzene rings is 1. The molecule has 1 aliphatic carbocycles. The maximum atomic E-state index is 12.9. The summed E-state index contributed by atoms with van der Waals surface area (Å²) in [6.45, 7) is 2.88. The monoisotopic (exact) mass is 326 g/mol. The predicted molar refractivity (Wildman–Crippen MR) is 95.6 cm³/mol. The second-order valence-corrected chi connectivity index (χ2v) is 7.14. The van der Waals surface area contributed by atoms with Crippen LogP contribution in [0.2, 0.25) is 0 Å². The van der Waals surface area contributed by atoms with Crippen molar-refractivity contribution in [2.75, 3.05) is 0 Å². The molecule has 0 saturated heterocycles. The molecule has 4 rings (SSSR count). The van der Waals surface area contributed by atoms with E-state index in [4.69, 9.17) is 4.74 Å². The maximum Gasteiger partial charge on any atom is 0.268 e. The van der Waals surface area contributed by atoms with Gasteiger partial charge in [0, 0.05) is 11.4 Å². The summed E-state index contributed by atoms with van der Waals surface area (Å²) in [7, 11) is 0. The molecule has 128 valence electrons. The Bertz CT molecular complexity index is 741. The SMILES string of the molecule is CCC1Cn2c(C(=O)NC3CCCCCC3)cc3cccc(c32)O1. The first-order valence-corrected chi connectivity index (χ1v) is 9.36. The van der Waals surface area contributed by atoms with Gasteiger partial charge in [-0.1, -0.05) is 44.7 Å². The lowest BCUT2D eigenvalue weighted by Crippen LogP contribution is -2.37. The van der Waals surface area contributed by atoms with Crippen LogP contribution in [-0.4, -0.2) is 22.6 Å². The van der Waals surface area contributed by atoms with E-state index in [0.717, 1.165) is 48.2 Å². The number of para-hydroxylation sites is 1. The van der Waals surface area contributed by atoms with Gasteiger partial charge in [-0.05, 0) is 31.4 Å². The van der Waals surface area contributed by atoms with Crippen molar-refractivity contribution in [2.45, 2.75) is 70.6 Å². The standard InChI is InChI=1S/C20H26N2O2/c1-2-16-13-22-17(12-14-8-7-11-18(24-16)19(14)22)20(23)21-15-9-5-3-4-6-10-15/h7-8,11-12,15-16H,2-6,9-10,13H2,1H3,(H,21,23). The fourth-order valence-electron chi connectivity index (χ4n) is 4.08. The molecule has 1 atom stereocenters. The lowest BCUT2D eigenvalue weighted by Gasteiger charge is -2.26. The van der Waals surface area contributed by atoms with Crippen molar-refractivity contribution in [3.63, 3.8) is 0 Å². The van der Waals surface area contributed by atoms with Gasteiger partial charge in [0.25, 0.3) is 5.91 Å². The number of hydrogen-bond donors (Lipinski definition) is 1. The van der Waals surface area contributed by atoms with Crippen LogP contribution in [0.25, 0.3) is 10.9 Å². The molecule has 1 aliphatic heterocycles. The third-order valence-corrected chi connectivity index (χ3v) is 5.44. The highest BCUT2D eigenvalue weighted by atomic mass is 16.5. The summed E-state index contributed by atoms with van der Waals surface area (Å²) < 4.78 is 8.22. The molecule has 2 aromatic rings. The minimum absolute atomic E-state index is 0.0702. The van der Waals surface area contributed by atoms with E-state index in [9.17, 15) is 4.79 Å². The topological polar surface area (TPSA) is 43.3 Å². The second kappa shape index (κ2) is 6.50. The first-order valence-electron chi connectivity index (χ1n) is 9.36. The third kappa shape index (κ3) is 2.79. The number of ether oxygens (including phenoxy) is 1. The Morgan fingerprint density at radius 1 is 1.25 bits per heavy atom. The lowest BCUT2D eigenvalue weighted by atomic mass is 10.1. The van der Waals surface area contributed by atoms with Crippen LogP contribution in [0.1, 0.15) is 62.4 Å². The van der Waals surface area contributed by atoms with Gasteiger partial charge in [0.05, 0.1) is 12.1 Å². The molecular weight excluding hydrogens is 300 g/mol. The van der Waals surface area contributed by atoms with Gasteiger partial charge in [-0.15, -0.1) is 0 Å². The molecule has 1 aromatic carbocycles.